The molecular weight excluding hydrogens is 302 g/mol. The third-order valence-electron chi connectivity index (χ3n) is 3.46. The summed E-state index contributed by atoms with van der Waals surface area (Å²) in [6.07, 6.45) is 0.323. The number of guanidine groups is 1. The highest BCUT2D eigenvalue weighted by Gasteiger charge is 2.26. The Kier molecular flexibility index (Phi) is 6.93. The maximum atomic E-state index is 13.5. The van der Waals surface area contributed by atoms with Gasteiger partial charge in [0.15, 0.2) is 5.96 Å². The minimum Gasteiger partial charge on any atom is -0.359 e. The molecule has 0 aliphatic carbocycles. The standard InChI is InChI=1S/C16H24F2N4O/c1-16(2,14(23)19-3)10-22-15(20-4)21-8-7-11-9-12(17)5-6-13(11)18/h5-6,9H,7-8,10H2,1-4H3,(H,19,23)(H2,20,21,22). The SMILES string of the molecule is CN=C(NCCc1cc(F)ccc1F)NCC(C)(C)C(=O)NC. The summed E-state index contributed by atoms with van der Waals surface area (Å²) in [6, 6.07) is 3.39. The van der Waals surface area contributed by atoms with Crippen molar-refractivity contribution in [3.63, 3.8) is 0 Å². The lowest BCUT2D eigenvalue weighted by Gasteiger charge is -2.24. The van der Waals surface area contributed by atoms with Crippen LogP contribution >= 0.6 is 0 Å². The van der Waals surface area contributed by atoms with Crippen molar-refractivity contribution in [3.05, 3.63) is 35.4 Å². The van der Waals surface area contributed by atoms with Crippen LogP contribution in [0.25, 0.3) is 0 Å². The zero-order valence-electron chi connectivity index (χ0n) is 14.0. The summed E-state index contributed by atoms with van der Waals surface area (Å²) in [5.74, 6) is -0.478. The molecule has 1 rings (SSSR count). The normalized spacial score (nSPS) is 12.0. The molecule has 1 aromatic rings. The number of hydrogen-bond acceptors (Lipinski definition) is 2. The van der Waals surface area contributed by atoms with Crippen molar-refractivity contribution >= 4 is 11.9 Å². The van der Waals surface area contributed by atoms with E-state index in [9.17, 15) is 13.6 Å². The van der Waals surface area contributed by atoms with Crippen LogP contribution in [-0.2, 0) is 11.2 Å². The van der Waals surface area contributed by atoms with E-state index in [1.54, 1.807) is 14.1 Å². The van der Waals surface area contributed by atoms with E-state index in [1.165, 1.54) is 6.07 Å². The van der Waals surface area contributed by atoms with Crippen molar-refractivity contribution in [3.8, 4) is 0 Å². The Morgan fingerprint density at radius 3 is 2.57 bits per heavy atom. The summed E-state index contributed by atoms with van der Waals surface area (Å²) in [4.78, 5) is 15.8. The third-order valence-corrected chi connectivity index (χ3v) is 3.46. The highest BCUT2D eigenvalue weighted by atomic mass is 19.1. The van der Waals surface area contributed by atoms with Crippen LogP contribution in [0.2, 0.25) is 0 Å². The Morgan fingerprint density at radius 2 is 1.96 bits per heavy atom. The minimum atomic E-state index is -0.596. The van der Waals surface area contributed by atoms with Gasteiger partial charge in [0, 0.05) is 27.2 Å². The molecule has 0 atom stereocenters. The summed E-state index contributed by atoms with van der Waals surface area (Å²) in [6.45, 7) is 4.41. The number of carbonyl (C=O) groups is 1. The zero-order valence-corrected chi connectivity index (χ0v) is 14.0. The molecule has 0 bridgehead atoms. The maximum absolute atomic E-state index is 13.5. The van der Waals surface area contributed by atoms with Crippen LogP contribution in [0, 0.1) is 17.0 Å². The summed E-state index contributed by atoms with van der Waals surface area (Å²) in [5.41, 5.74) is -0.292. The molecule has 1 aromatic carbocycles. The predicted molar refractivity (Wildman–Crippen MR) is 87.3 cm³/mol. The van der Waals surface area contributed by atoms with Gasteiger partial charge in [-0.05, 0) is 44.0 Å². The van der Waals surface area contributed by atoms with E-state index in [0.717, 1.165) is 12.1 Å². The summed E-state index contributed by atoms with van der Waals surface area (Å²) < 4.78 is 26.6. The smallest absolute Gasteiger partial charge is 0.227 e. The predicted octanol–water partition coefficient (Wildman–Crippen LogP) is 1.44. The van der Waals surface area contributed by atoms with E-state index in [4.69, 9.17) is 0 Å². The monoisotopic (exact) mass is 326 g/mol. The zero-order chi connectivity index (χ0) is 17.5. The number of amides is 1. The molecule has 0 saturated carbocycles. The second-order valence-corrected chi connectivity index (χ2v) is 5.80. The molecule has 23 heavy (non-hydrogen) atoms. The van der Waals surface area contributed by atoms with Crippen molar-refractivity contribution < 1.29 is 13.6 Å². The van der Waals surface area contributed by atoms with Crippen LogP contribution in [0.1, 0.15) is 19.4 Å². The molecule has 5 nitrogen and oxygen atoms in total. The highest BCUT2D eigenvalue weighted by Crippen LogP contribution is 2.13. The Hall–Kier alpha value is -2.18. The fourth-order valence-corrected chi connectivity index (χ4v) is 1.99. The minimum absolute atomic E-state index is 0.0812. The third kappa shape index (κ3) is 5.84. The number of carbonyl (C=O) groups excluding carboxylic acids is 1. The number of aliphatic imine (C=N–C) groups is 1. The molecule has 0 unspecified atom stereocenters. The molecule has 0 fully saturated rings. The number of halogens is 2. The summed E-state index contributed by atoms with van der Waals surface area (Å²) in [7, 11) is 3.19. The summed E-state index contributed by atoms with van der Waals surface area (Å²) in [5, 5.41) is 8.67. The van der Waals surface area contributed by atoms with Gasteiger partial charge in [0.05, 0.1) is 5.41 Å². The fourth-order valence-electron chi connectivity index (χ4n) is 1.99. The van der Waals surface area contributed by atoms with Crippen LogP contribution in [0.15, 0.2) is 23.2 Å². The first kappa shape index (κ1) is 18.9. The molecule has 0 aromatic heterocycles. The van der Waals surface area contributed by atoms with Crippen LogP contribution in [-0.4, -0.2) is 39.1 Å². The van der Waals surface area contributed by atoms with Crippen LogP contribution in [0.3, 0.4) is 0 Å². The first-order valence-electron chi connectivity index (χ1n) is 7.41. The number of hydrogen-bond donors (Lipinski definition) is 3. The largest absolute Gasteiger partial charge is 0.359 e. The van der Waals surface area contributed by atoms with Gasteiger partial charge in [-0.1, -0.05) is 0 Å². The number of nitrogens with one attached hydrogen (secondary N) is 3. The van der Waals surface area contributed by atoms with Crippen molar-refractivity contribution in [2.75, 3.05) is 27.2 Å². The van der Waals surface area contributed by atoms with E-state index in [1.807, 2.05) is 13.8 Å². The summed E-state index contributed by atoms with van der Waals surface area (Å²) >= 11 is 0. The molecule has 3 N–H and O–H groups in total. The Morgan fingerprint density at radius 1 is 1.26 bits per heavy atom. The van der Waals surface area contributed by atoms with Gasteiger partial charge in [0.25, 0.3) is 0 Å². The van der Waals surface area contributed by atoms with E-state index in [-0.39, 0.29) is 5.91 Å². The molecule has 0 spiro atoms. The average Bonchev–Trinajstić information content (AvgIpc) is 2.52. The lowest BCUT2D eigenvalue weighted by Crippen LogP contribution is -2.47. The van der Waals surface area contributed by atoms with Gasteiger partial charge >= 0.3 is 0 Å². The molecule has 0 radical (unpaired) electrons. The van der Waals surface area contributed by atoms with E-state index >= 15 is 0 Å². The second kappa shape index (κ2) is 8.45. The lowest BCUT2D eigenvalue weighted by molar-refractivity contribution is -0.128. The second-order valence-electron chi connectivity index (χ2n) is 5.80. The Labute approximate surface area is 135 Å². The van der Waals surface area contributed by atoms with Gasteiger partial charge in [-0.25, -0.2) is 8.78 Å². The van der Waals surface area contributed by atoms with Gasteiger partial charge in [-0.2, -0.15) is 0 Å². The van der Waals surface area contributed by atoms with Gasteiger partial charge in [-0.15, -0.1) is 0 Å². The molecule has 0 heterocycles. The van der Waals surface area contributed by atoms with Gasteiger partial charge in [0.1, 0.15) is 11.6 Å². The van der Waals surface area contributed by atoms with Crippen molar-refractivity contribution in [2.24, 2.45) is 10.4 Å². The first-order chi connectivity index (χ1) is 10.8. The van der Waals surface area contributed by atoms with Gasteiger partial charge in [-0.3, -0.25) is 9.79 Å². The van der Waals surface area contributed by atoms with Crippen LogP contribution in [0.4, 0.5) is 8.78 Å². The molecule has 128 valence electrons. The van der Waals surface area contributed by atoms with Crippen LogP contribution in [0.5, 0.6) is 0 Å². The van der Waals surface area contributed by atoms with E-state index in [2.05, 4.69) is 20.9 Å². The Bertz CT molecular complexity index is 573. The van der Waals surface area contributed by atoms with E-state index < -0.39 is 17.0 Å². The molecule has 0 aliphatic rings. The molecule has 7 heteroatoms. The molecule has 1 amide bonds. The molecule has 0 saturated heterocycles. The van der Waals surface area contributed by atoms with Crippen molar-refractivity contribution in [1.82, 2.24) is 16.0 Å². The quantitative estimate of drug-likeness (QED) is 0.547. The fraction of sp³-hybridized carbons (Fsp3) is 0.500. The highest BCUT2D eigenvalue weighted by molar-refractivity contribution is 5.84. The Balaban J connectivity index is 2.49. The lowest BCUT2D eigenvalue weighted by atomic mass is 9.92. The topological polar surface area (TPSA) is 65.5 Å². The molecule has 0 aliphatic heterocycles. The van der Waals surface area contributed by atoms with Gasteiger partial charge < -0.3 is 16.0 Å². The maximum Gasteiger partial charge on any atom is 0.227 e. The molecular formula is C16H24F2N4O. The van der Waals surface area contributed by atoms with Crippen molar-refractivity contribution in [1.29, 1.82) is 0 Å². The van der Waals surface area contributed by atoms with Crippen LogP contribution < -0.4 is 16.0 Å². The average molecular weight is 326 g/mol. The first-order valence-corrected chi connectivity index (χ1v) is 7.41. The number of nitrogens with zero attached hydrogens (tertiary/aromatic N) is 1. The van der Waals surface area contributed by atoms with Gasteiger partial charge in [0.2, 0.25) is 5.91 Å². The number of benzene rings is 1. The van der Waals surface area contributed by atoms with E-state index in [0.29, 0.717) is 31.0 Å². The number of rotatable bonds is 6. The van der Waals surface area contributed by atoms with Crippen molar-refractivity contribution in [2.45, 2.75) is 20.3 Å².